The van der Waals surface area contributed by atoms with E-state index in [-0.39, 0.29) is 30.3 Å². The van der Waals surface area contributed by atoms with E-state index in [9.17, 15) is 9.59 Å². The molecule has 5 nitrogen and oxygen atoms in total. The van der Waals surface area contributed by atoms with Gasteiger partial charge in [-0.2, -0.15) is 0 Å². The quantitative estimate of drug-likeness (QED) is 0.871. The number of fused-ring (bicyclic) bond motifs is 1. The van der Waals surface area contributed by atoms with Gasteiger partial charge in [0.25, 0.3) is 0 Å². The van der Waals surface area contributed by atoms with Crippen LogP contribution in [0.2, 0.25) is 0 Å². The fourth-order valence-electron chi connectivity index (χ4n) is 2.60. The number of carbonyl (C=O) groups is 2. The minimum absolute atomic E-state index is 0.0624. The van der Waals surface area contributed by atoms with E-state index >= 15 is 0 Å². The molecular weight excluding hydrogens is 278 g/mol. The Morgan fingerprint density at radius 1 is 1.36 bits per heavy atom. The van der Waals surface area contributed by atoms with E-state index in [1.807, 2.05) is 37.3 Å². The normalized spacial score (nSPS) is 17.8. The smallest absolute Gasteiger partial charge is 0.223 e. The lowest BCUT2D eigenvalue weighted by Crippen LogP contribution is -2.36. The summed E-state index contributed by atoms with van der Waals surface area (Å²) in [7, 11) is 0. The highest BCUT2D eigenvalue weighted by Gasteiger charge is 2.27. The summed E-state index contributed by atoms with van der Waals surface area (Å²) in [5.74, 6) is -0.138. The fourth-order valence-corrected chi connectivity index (χ4v) is 2.60. The predicted octanol–water partition coefficient (Wildman–Crippen LogP) is 1.80. The van der Waals surface area contributed by atoms with Crippen LogP contribution in [0.1, 0.15) is 43.9 Å². The molecule has 2 amide bonds. The number of rotatable bonds is 5. The van der Waals surface area contributed by atoms with Crippen molar-refractivity contribution in [1.29, 1.82) is 0 Å². The molecule has 22 heavy (non-hydrogen) atoms. The van der Waals surface area contributed by atoms with Gasteiger partial charge in [0.1, 0.15) is 0 Å². The number of nitrogens with one attached hydrogen (secondary N) is 1. The molecule has 2 atom stereocenters. The van der Waals surface area contributed by atoms with Crippen molar-refractivity contribution in [3.63, 3.8) is 0 Å². The maximum atomic E-state index is 12.2. The molecule has 1 heterocycles. The third kappa shape index (κ3) is 3.95. The van der Waals surface area contributed by atoms with Gasteiger partial charge in [-0.15, -0.1) is 0 Å². The van der Waals surface area contributed by atoms with E-state index in [1.165, 1.54) is 6.92 Å². The summed E-state index contributed by atoms with van der Waals surface area (Å²) in [6, 6.07) is 7.64. The molecule has 3 N–H and O–H groups in total. The van der Waals surface area contributed by atoms with Crippen LogP contribution in [0.25, 0.3) is 6.08 Å². The highest BCUT2D eigenvalue weighted by Crippen LogP contribution is 2.32. The van der Waals surface area contributed by atoms with E-state index in [4.69, 9.17) is 5.73 Å². The molecule has 1 aliphatic rings. The molecular formula is C17H23N3O2. The Labute approximate surface area is 131 Å². The molecule has 2 rings (SSSR count). The molecule has 0 spiro atoms. The first kappa shape index (κ1) is 16.2. The van der Waals surface area contributed by atoms with Crippen molar-refractivity contribution in [2.45, 2.75) is 38.8 Å². The number of benzene rings is 1. The third-order valence-corrected chi connectivity index (χ3v) is 3.77. The number of amides is 2. The minimum atomic E-state index is -0.256. The Morgan fingerprint density at radius 3 is 2.77 bits per heavy atom. The van der Waals surface area contributed by atoms with Crippen LogP contribution in [-0.2, 0) is 9.59 Å². The summed E-state index contributed by atoms with van der Waals surface area (Å²) in [5, 5.41) is 2.87. The van der Waals surface area contributed by atoms with E-state index in [0.29, 0.717) is 6.54 Å². The molecule has 0 saturated carbocycles. The Balaban J connectivity index is 2.10. The summed E-state index contributed by atoms with van der Waals surface area (Å²) in [6.45, 7) is 3.98. The van der Waals surface area contributed by atoms with Gasteiger partial charge in [0, 0.05) is 25.7 Å². The second-order valence-electron chi connectivity index (χ2n) is 5.71. The summed E-state index contributed by atoms with van der Waals surface area (Å²) in [6.07, 6.45) is 4.65. The van der Waals surface area contributed by atoms with Crippen LogP contribution >= 0.6 is 0 Å². The van der Waals surface area contributed by atoms with Gasteiger partial charge in [-0.3, -0.25) is 9.59 Å². The second-order valence-corrected chi connectivity index (χ2v) is 5.71. The van der Waals surface area contributed by atoms with Crippen molar-refractivity contribution in [3.8, 4) is 0 Å². The van der Waals surface area contributed by atoms with Gasteiger partial charge >= 0.3 is 0 Å². The first-order valence-corrected chi connectivity index (χ1v) is 7.57. The Kier molecular flexibility index (Phi) is 5.33. The van der Waals surface area contributed by atoms with Gasteiger partial charge in [0.05, 0.1) is 12.5 Å². The summed E-state index contributed by atoms with van der Waals surface area (Å²) < 4.78 is 0. The topological polar surface area (TPSA) is 75.4 Å². The number of carbonyl (C=O) groups excluding carboxylic acids is 2. The maximum Gasteiger partial charge on any atom is 0.223 e. The molecule has 5 heteroatoms. The molecule has 2 unspecified atom stereocenters. The van der Waals surface area contributed by atoms with E-state index in [1.54, 1.807) is 11.1 Å². The molecule has 1 aliphatic heterocycles. The first-order chi connectivity index (χ1) is 10.5. The lowest BCUT2D eigenvalue weighted by Gasteiger charge is -2.32. The zero-order chi connectivity index (χ0) is 16.1. The lowest BCUT2D eigenvalue weighted by atomic mass is 9.93. The molecule has 1 aromatic rings. The highest BCUT2D eigenvalue weighted by atomic mass is 16.2. The van der Waals surface area contributed by atoms with Crippen molar-refractivity contribution in [1.82, 2.24) is 10.2 Å². The van der Waals surface area contributed by atoms with Crippen LogP contribution in [0.4, 0.5) is 0 Å². The molecule has 0 aromatic heterocycles. The Morgan fingerprint density at radius 2 is 2.09 bits per heavy atom. The number of hydrogen-bond acceptors (Lipinski definition) is 3. The molecule has 0 fully saturated rings. The van der Waals surface area contributed by atoms with Crippen molar-refractivity contribution < 1.29 is 9.59 Å². The molecule has 1 aromatic carbocycles. The molecule has 0 saturated heterocycles. The van der Waals surface area contributed by atoms with E-state index in [0.717, 1.165) is 17.5 Å². The van der Waals surface area contributed by atoms with Gasteiger partial charge in [0.15, 0.2) is 0 Å². The SMILES string of the molecule is CC(=O)N1C=Cc2ccccc2C1CC(=O)NCCC(C)N. The van der Waals surface area contributed by atoms with Crippen LogP contribution in [-0.4, -0.2) is 29.3 Å². The first-order valence-electron chi connectivity index (χ1n) is 7.57. The van der Waals surface area contributed by atoms with Gasteiger partial charge < -0.3 is 16.0 Å². The summed E-state index contributed by atoms with van der Waals surface area (Å²) in [4.78, 5) is 25.6. The predicted molar refractivity (Wildman–Crippen MR) is 86.6 cm³/mol. The largest absolute Gasteiger partial charge is 0.356 e. The van der Waals surface area contributed by atoms with Gasteiger partial charge in [-0.1, -0.05) is 24.3 Å². The maximum absolute atomic E-state index is 12.2. The van der Waals surface area contributed by atoms with Gasteiger partial charge in [-0.05, 0) is 30.5 Å². The average Bonchev–Trinajstić information content (AvgIpc) is 2.46. The van der Waals surface area contributed by atoms with Crippen LogP contribution < -0.4 is 11.1 Å². The standard InChI is InChI=1S/C17H23N3O2/c1-12(18)7-9-19-17(22)11-16-15-6-4-3-5-14(15)8-10-20(16)13(2)21/h3-6,8,10,12,16H,7,9,11,18H2,1-2H3,(H,19,22). The number of nitrogens with two attached hydrogens (primary N) is 1. The van der Waals surface area contributed by atoms with Crippen LogP contribution in [0, 0.1) is 0 Å². The van der Waals surface area contributed by atoms with E-state index in [2.05, 4.69) is 5.32 Å². The second kappa shape index (κ2) is 7.22. The monoisotopic (exact) mass is 301 g/mol. The summed E-state index contributed by atoms with van der Waals surface area (Å²) in [5.41, 5.74) is 7.73. The molecule has 0 aliphatic carbocycles. The summed E-state index contributed by atoms with van der Waals surface area (Å²) >= 11 is 0. The van der Waals surface area contributed by atoms with Gasteiger partial charge in [0.2, 0.25) is 11.8 Å². The van der Waals surface area contributed by atoms with E-state index < -0.39 is 0 Å². The minimum Gasteiger partial charge on any atom is -0.356 e. The lowest BCUT2D eigenvalue weighted by molar-refractivity contribution is -0.129. The van der Waals surface area contributed by atoms with Crippen molar-refractivity contribution >= 4 is 17.9 Å². The van der Waals surface area contributed by atoms with Crippen molar-refractivity contribution in [3.05, 3.63) is 41.6 Å². The van der Waals surface area contributed by atoms with Crippen LogP contribution in [0.3, 0.4) is 0 Å². The fraction of sp³-hybridized carbons (Fsp3) is 0.412. The van der Waals surface area contributed by atoms with Crippen LogP contribution in [0.5, 0.6) is 0 Å². The van der Waals surface area contributed by atoms with Gasteiger partial charge in [-0.25, -0.2) is 0 Å². The van der Waals surface area contributed by atoms with Crippen LogP contribution in [0.15, 0.2) is 30.5 Å². The Bertz CT molecular complexity index is 581. The number of hydrogen-bond donors (Lipinski definition) is 2. The number of nitrogens with zero attached hydrogens (tertiary/aromatic N) is 1. The Hall–Kier alpha value is -2.14. The molecule has 118 valence electrons. The average molecular weight is 301 g/mol. The zero-order valence-electron chi connectivity index (χ0n) is 13.1. The molecule has 0 radical (unpaired) electrons. The molecule has 0 bridgehead atoms. The third-order valence-electron chi connectivity index (χ3n) is 3.77. The van der Waals surface area contributed by atoms with Crippen molar-refractivity contribution in [2.75, 3.05) is 6.54 Å². The highest BCUT2D eigenvalue weighted by molar-refractivity contribution is 5.81. The zero-order valence-corrected chi connectivity index (χ0v) is 13.1. The van der Waals surface area contributed by atoms with Crippen molar-refractivity contribution in [2.24, 2.45) is 5.73 Å².